The number of para-hydroxylation sites is 1. The third kappa shape index (κ3) is 4.20. The Balaban J connectivity index is 2.15. The fourth-order valence-electron chi connectivity index (χ4n) is 2.17. The molecule has 21 heavy (non-hydrogen) atoms. The first-order chi connectivity index (χ1) is 10.0. The number of nitrogens with zero attached hydrogens (tertiary/aromatic N) is 1. The van der Waals surface area contributed by atoms with Crippen molar-refractivity contribution in [2.75, 3.05) is 18.4 Å². The molecule has 2 amide bonds. The lowest BCUT2D eigenvalue weighted by Crippen LogP contribution is -2.37. The lowest BCUT2D eigenvalue weighted by Gasteiger charge is -2.23. The summed E-state index contributed by atoms with van der Waals surface area (Å²) in [5.74, 6) is -0.462. The summed E-state index contributed by atoms with van der Waals surface area (Å²) < 4.78 is 0.568. The van der Waals surface area contributed by atoms with E-state index in [1.165, 1.54) is 18.9 Å². The average Bonchev–Trinajstić information content (AvgIpc) is 3.24. The number of carboxylic acid groups (broad SMARTS) is 1. The predicted octanol–water partition coefficient (Wildman–Crippen LogP) is 3.80. The quantitative estimate of drug-likeness (QED) is 0.816. The van der Waals surface area contributed by atoms with Gasteiger partial charge >= 0.3 is 12.0 Å². The van der Waals surface area contributed by atoms with Crippen molar-refractivity contribution >= 4 is 33.6 Å². The number of hydrogen-bond acceptors (Lipinski definition) is 2. The minimum atomic E-state index is -1.06. The summed E-state index contributed by atoms with van der Waals surface area (Å²) >= 11 is 3.30. The van der Waals surface area contributed by atoms with E-state index in [1.54, 1.807) is 17.0 Å². The molecule has 1 fully saturated rings. The number of aromatic carboxylic acids is 1. The van der Waals surface area contributed by atoms with Gasteiger partial charge in [-0.1, -0.05) is 13.0 Å². The van der Waals surface area contributed by atoms with Crippen LogP contribution in [0.5, 0.6) is 0 Å². The number of amides is 2. The number of carbonyl (C=O) groups is 2. The zero-order valence-electron chi connectivity index (χ0n) is 11.9. The minimum Gasteiger partial charge on any atom is -0.478 e. The van der Waals surface area contributed by atoms with Crippen LogP contribution in [0.2, 0.25) is 0 Å². The monoisotopic (exact) mass is 354 g/mol. The maximum atomic E-state index is 12.4. The Hall–Kier alpha value is -1.56. The Bertz CT molecular complexity index is 544. The second kappa shape index (κ2) is 6.93. The van der Waals surface area contributed by atoms with Crippen molar-refractivity contribution in [1.82, 2.24) is 4.90 Å². The molecule has 1 aliphatic rings. The van der Waals surface area contributed by atoms with Gasteiger partial charge in [-0.3, -0.25) is 0 Å². The van der Waals surface area contributed by atoms with Crippen LogP contribution in [0.25, 0.3) is 0 Å². The van der Waals surface area contributed by atoms with Crippen molar-refractivity contribution in [2.45, 2.75) is 26.2 Å². The van der Waals surface area contributed by atoms with E-state index in [0.29, 0.717) is 22.6 Å². The first-order valence-electron chi connectivity index (χ1n) is 7.10. The van der Waals surface area contributed by atoms with Crippen LogP contribution in [0, 0.1) is 5.92 Å². The van der Waals surface area contributed by atoms with E-state index in [1.807, 2.05) is 6.92 Å². The molecule has 0 aromatic heterocycles. The van der Waals surface area contributed by atoms with Gasteiger partial charge in [-0.05, 0) is 53.2 Å². The van der Waals surface area contributed by atoms with Crippen molar-refractivity contribution in [3.63, 3.8) is 0 Å². The fourth-order valence-corrected chi connectivity index (χ4v) is 2.64. The highest BCUT2D eigenvalue weighted by Gasteiger charge is 2.27. The fraction of sp³-hybridized carbons (Fsp3) is 0.467. The first-order valence-corrected chi connectivity index (χ1v) is 7.90. The third-order valence-corrected chi connectivity index (χ3v) is 4.09. The zero-order chi connectivity index (χ0) is 15.4. The number of anilines is 1. The van der Waals surface area contributed by atoms with Crippen LogP contribution >= 0.6 is 15.9 Å². The van der Waals surface area contributed by atoms with Gasteiger partial charge in [-0.2, -0.15) is 0 Å². The molecule has 0 heterocycles. The van der Waals surface area contributed by atoms with Gasteiger partial charge in [0.25, 0.3) is 0 Å². The molecule has 1 aromatic carbocycles. The summed E-state index contributed by atoms with van der Waals surface area (Å²) in [5.41, 5.74) is 0.396. The highest BCUT2D eigenvalue weighted by Crippen LogP contribution is 2.31. The molecule has 0 spiro atoms. The van der Waals surface area contributed by atoms with Crippen molar-refractivity contribution < 1.29 is 14.7 Å². The molecule has 5 nitrogen and oxygen atoms in total. The molecule has 114 valence electrons. The maximum absolute atomic E-state index is 12.4. The number of rotatable bonds is 6. The smallest absolute Gasteiger partial charge is 0.337 e. The average molecular weight is 355 g/mol. The number of urea groups is 1. The van der Waals surface area contributed by atoms with Crippen molar-refractivity contribution in [1.29, 1.82) is 0 Å². The van der Waals surface area contributed by atoms with Crippen molar-refractivity contribution in [3.05, 3.63) is 28.2 Å². The molecule has 1 aliphatic carbocycles. The maximum Gasteiger partial charge on any atom is 0.337 e. The molecule has 2 rings (SSSR count). The highest BCUT2D eigenvalue weighted by molar-refractivity contribution is 9.10. The molecule has 0 radical (unpaired) electrons. The second-order valence-corrected chi connectivity index (χ2v) is 6.14. The molecule has 1 saturated carbocycles. The molecule has 2 N–H and O–H groups in total. The number of halogens is 1. The Morgan fingerprint density at radius 1 is 1.43 bits per heavy atom. The lowest BCUT2D eigenvalue weighted by atomic mass is 10.2. The number of hydrogen-bond donors (Lipinski definition) is 2. The van der Waals surface area contributed by atoms with Gasteiger partial charge in [0, 0.05) is 17.6 Å². The van der Waals surface area contributed by atoms with Crippen LogP contribution in [-0.2, 0) is 0 Å². The molecule has 0 saturated heterocycles. The first kappa shape index (κ1) is 15.8. The van der Waals surface area contributed by atoms with E-state index in [9.17, 15) is 14.7 Å². The molecule has 0 bridgehead atoms. The second-order valence-electron chi connectivity index (χ2n) is 5.29. The number of carbonyl (C=O) groups excluding carboxylic acids is 1. The summed E-state index contributed by atoms with van der Waals surface area (Å²) in [6, 6.07) is 4.59. The van der Waals surface area contributed by atoms with Crippen LogP contribution in [0.1, 0.15) is 36.5 Å². The molecule has 1 aromatic rings. The van der Waals surface area contributed by atoms with E-state index in [4.69, 9.17) is 0 Å². The Kier molecular flexibility index (Phi) is 5.22. The van der Waals surface area contributed by atoms with E-state index >= 15 is 0 Å². The molecule has 0 aliphatic heterocycles. The van der Waals surface area contributed by atoms with Gasteiger partial charge in [-0.25, -0.2) is 9.59 Å². The van der Waals surface area contributed by atoms with Crippen LogP contribution in [0.3, 0.4) is 0 Å². The van der Waals surface area contributed by atoms with Gasteiger partial charge in [0.2, 0.25) is 0 Å². The van der Waals surface area contributed by atoms with Gasteiger partial charge in [-0.15, -0.1) is 0 Å². The summed E-state index contributed by atoms with van der Waals surface area (Å²) in [6.45, 7) is 3.44. The SMILES string of the molecule is CCCN(CC1CC1)C(=O)Nc1c(Br)cccc1C(=O)O. The van der Waals surface area contributed by atoms with Gasteiger partial charge < -0.3 is 15.3 Å². The Morgan fingerprint density at radius 3 is 2.71 bits per heavy atom. The predicted molar refractivity (Wildman–Crippen MR) is 84.7 cm³/mol. The highest BCUT2D eigenvalue weighted by atomic mass is 79.9. The zero-order valence-corrected chi connectivity index (χ0v) is 13.5. The van der Waals surface area contributed by atoms with E-state index in [0.717, 1.165) is 13.0 Å². The third-order valence-electron chi connectivity index (χ3n) is 3.43. The Morgan fingerprint density at radius 2 is 2.14 bits per heavy atom. The molecule has 6 heteroatoms. The largest absolute Gasteiger partial charge is 0.478 e. The van der Waals surface area contributed by atoms with E-state index in [2.05, 4.69) is 21.2 Å². The number of benzene rings is 1. The topological polar surface area (TPSA) is 69.6 Å². The van der Waals surface area contributed by atoms with Crippen LogP contribution in [0.15, 0.2) is 22.7 Å². The Labute approximate surface area is 132 Å². The van der Waals surface area contributed by atoms with Crippen LogP contribution in [-0.4, -0.2) is 35.1 Å². The minimum absolute atomic E-state index is 0.0839. The van der Waals surface area contributed by atoms with Gasteiger partial charge in [0.1, 0.15) is 0 Å². The van der Waals surface area contributed by atoms with Crippen LogP contribution in [0.4, 0.5) is 10.5 Å². The standard InChI is InChI=1S/C15H19BrN2O3/c1-2-8-18(9-10-6-7-10)15(21)17-13-11(14(19)20)4-3-5-12(13)16/h3-5,10H,2,6-9H2,1H3,(H,17,21)(H,19,20). The number of nitrogens with one attached hydrogen (secondary N) is 1. The molecule has 0 atom stereocenters. The number of carboxylic acids is 1. The normalized spacial score (nSPS) is 13.8. The van der Waals surface area contributed by atoms with E-state index in [-0.39, 0.29) is 11.6 Å². The summed E-state index contributed by atoms with van der Waals surface area (Å²) in [5, 5.41) is 12.0. The summed E-state index contributed by atoms with van der Waals surface area (Å²) in [7, 11) is 0. The summed E-state index contributed by atoms with van der Waals surface area (Å²) in [6.07, 6.45) is 3.22. The van der Waals surface area contributed by atoms with Gasteiger partial charge in [0.15, 0.2) is 0 Å². The summed E-state index contributed by atoms with van der Waals surface area (Å²) in [4.78, 5) is 25.4. The van der Waals surface area contributed by atoms with Crippen molar-refractivity contribution in [3.8, 4) is 0 Å². The van der Waals surface area contributed by atoms with E-state index < -0.39 is 5.97 Å². The van der Waals surface area contributed by atoms with Crippen molar-refractivity contribution in [2.24, 2.45) is 5.92 Å². The molecular weight excluding hydrogens is 336 g/mol. The van der Waals surface area contributed by atoms with Gasteiger partial charge in [0.05, 0.1) is 11.3 Å². The molecular formula is C15H19BrN2O3. The lowest BCUT2D eigenvalue weighted by molar-refractivity contribution is 0.0698. The van der Waals surface area contributed by atoms with Crippen LogP contribution < -0.4 is 5.32 Å². The molecule has 0 unspecified atom stereocenters.